The van der Waals surface area contributed by atoms with Crippen LogP contribution in [0.2, 0.25) is 0 Å². The maximum atomic E-state index is 15.0. The van der Waals surface area contributed by atoms with Gasteiger partial charge in [0.25, 0.3) is 0 Å². The van der Waals surface area contributed by atoms with E-state index in [9.17, 15) is 22.4 Å². The summed E-state index contributed by atoms with van der Waals surface area (Å²) in [7, 11) is 1.50. The van der Waals surface area contributed by atoms with Crippen molar-refractivity contribution in [3.63, 3.8) is 0 Å². The molecule has 10 heteroatoms. The van der Waals surface area contributed by atoms with E-state index in [1.807, 2.05) is 0 Å². The number of halogens is 4. The van der Waals surface area contributed by atoms with Crippen LogP contribution in [0, 0.1) is 18.2 Å². The molecule has 1 aromatic carbocycles. The van der Waals surface area contributed by atoms with Crippen molar-refractivity contribution in [1.29, 1.82) is 0 Å². The van der Waals surface area contributed by atoms with Crippen LogP contribution in [-0.2, 0) is 16.5 Å². The van der Waals surface area contributed by atoms with E-state index < -0.39 is 34.7 Å². The topological polar surface area (TPSA) is 86.5 Å². The lowest BCUT2D eigenvalue weighted by Gasteiger charge is -2.46. The fourth-order valence-corrected chi connectivity index (χ4v) is 4.08. The largest absolute Gasteiger partial charge is 0.431 e. The van der Waals surface area contributed by atoms with E-state index in [4.69, 9.17) is 5.73 Å². The van der Waals surface area contributed by atoms with Gasteiger partial charge in [-0.3, -0.25) is 9.69 Å². The summed E-state index contributed by atoms with van der Waals surface area (Å²) >= 11 is 0. The minimum atomic E-state index is -4.54. The van der Waals surface area contributed by atoms with Crippen molar-refractivity contribution in [1.82, 2.24) is 9.88 Å². The predicted octanol–water partition coefficient (Wildman–Crippen LogP) is 4.68. The molecule has 0 fully saturated rings. The Labute approximate surface area is 183 Å². The average Bonchev–Trinajstić information content (AvgIpc) is 3.09. The quantitative estimate of drug-likeness (QED) is 0.588. The molecule has 32 heavy (non-hydrogen) atoms. The van der Waals surface area contributed by atoms with Crippen molar-refractivity contribution in [3.8, 4) is 0 Å². The summed E-state index contributed by atoms with van der Waals surface area (Å²) in [6.07, 6.45) is -4.54. The maximum Gasteiger partial charge on any atom is 0.431 e. The van der Waals surface area contributed by atoms with Crippen molar-refractivity contribution >= 4 is 17.6 Å². The second kappa shape index (κ2) is 7.53. The maximum absolute atomic E-state index is 15.0. The van der Waals surface area contributed by atoms with Crippen LogP contribution >= 0.6 is 0 Å². The van der Waals surface area contributed by atoms with Gasteiger partial charge in [0.1, 0.15) is 17.1 Å². The van der Waals surface area contributed by atoms with Crippen LogP contribution in [0.15, 0.2) is 29.3 Å². The summed E-state index contributed by atoms with van der Waals surface area (Å²) in [4.78, 5) is 20.9. The van der Waals surface area contributed by atoms with Gasteiger partial charge in [-0.05, 0) is 58.9 Å². The van der Waals surface area contributed by atoms with Gasteiger partial charge in [-0.25, -0.2) is 9.38 Å². The number of aromatic nitrogens is 1. The molecule has 2 aromatic rings. The zero-order valence-corrected chi connectivity index (χ0v) is 18.8. The van der Waals surface area contributed by atoms with Crippen LogP contribution in [0.4, 0.5) is 23.2 Å². The van der Waals surface area contributed by atoms with Gasteiger partial charge < -0.3 is 16.0 Å². The number of hydrogen-bond acceptors (Lipinski definition) is 4. The molecular weight excluding hydrogens is 426 g/mol. The van der Waals surface area contributed by atoms with Gasteiger partial charge in [-0.15, -0.1) is 0 Å². The molecule has 1 amide bonds. The SMILES string of the molecule is Cc1cc(C(C)Nc2ccc(F)c([C@@]3(C)N=C(N)N(C)C(=O)C3(C)C)c2)c(C(F)(F)F)[nH]1. The molecule has 0 bridgehead atoms. The van der Waals surface area contributed by atoms with Crippen molar-refractivity contribution in [2.24, 2.45) is 16.1 Å². The number of alkyl halides is 3. The van der Waals surface area contributed by atoms with Gasteiger partial charge in [0.15, 0.2) is 5.96 Å². The molecule has 0 saturated heterocycles. The van der Waals surface area contributed by atoms with Crippen molar-refractivity contribution in [2.75, 3.05) is 12.4 Å². The number of carbonyl (C=O) groups is 1. The van der Waals surface area contributed by atoms with E-state index in [0.717, 1.165) is 0 Å². The highest BCUT2D eigenvalue weighted by atomic mass is 19.4. The van der Waals surface area contributed by atoms with E-state index in [1.165, 1.54) is 36.2 Å². The van der Waals surface area contributed by atoms with Gasteiger partial charge in [-0.2, -0.15) is 13.2 Å². The highest BCUT2D eigenvalue weighted by Crippen LogP contribution is 2.48. The molecule has 174 valence electrons. The van der Waals surface area contributed by atoms with E-state index in [2.05, 4.69) is 15.3 Å². The van der Waals surface area contributed by atoms with E-state index in [0.29, 0.717) is 11.4 Å². The zero-order valence-electron chi connectivity index (χ0n) is 18.8. The first-order chi connectivity index (χ1) is 14.6. The smallest absolute Gasteiger partial charge is 0.378 e. The second-order valence-electron chi connectivity index (χ2n) is 8.87. The number of H-pyrrole nitrogens is 1. The van der Waals surface area contributed by atoms with Crippen LogP contribution < -0.4 is 11.1 Å². The highest BCUT2D eigenvalue weighted by molar-refractivity contribution is 6.01. The number of rotatable bonds is 4. The normalized spacial score (nSPS) is 22.0. The van der Waals surface area contributed by atoms with Crippen molar-refractivity contribution in [3.05, 3.63) is 52.6 Å². The third kappa shape index (κ3) is 3.71. The standard InChI is InChI=1S/C22H27F4N5O/c1-11-9-14(17(28-11)22(24,25)26)12(2)29-13-7-8-16(23)15(10-13)21(5)20(3,4)18(32)31(6)19(27)30-21/h7-10,12,28-29H,1-6H3,(H2,27,30)/t12?,21-/m1/s1. The molecule has 0 radical (unpaired) electrons. The van der Waals surface area contributed by atoms with Crippen LogP contribution in [0.25, 0.3) is 0 Å². The Hall–Kier alpha value is -3.04. The molecule has 1 aliphatic rings. The Balaban J connectivity index is 2.03. The Bertz CT molecular complexity index is 1090. The minimum absolute atomic E-state index is 0.0411. The molecule has 0 spiro atoms. The Morgan fingerprint density at radius 2 is 1.84 bits per heavy atom. The lowest BCUT2D eigenvalue weighted by molar-refractivity contribution is -0.142. The number of anilines is 1. The Morgan fingerprint density at radius 3 is 2.44 bits per heavy atom. The molecule has 1 aromatic heterocycles. The van der Waals surface area contributed by atoms with Gasteiger partial charge in [0.2, 0.25) is 5.91 Å². The molecule has 2 heterocycles. The van der Waals surface area contributed by atoms with E-state index in [-0.39, 0.29) is 23.0 Å². The van der Waals surface area contributed by atoms with Gasteiger partial charge in [0.05, 0.1) is 11.5 Å². The number of hydrogen-bond donors (Lipinski definition) is 3. The first-order valence-electron chi connectivity index (χ1n) is 10.1. The fraction of sp³-hybridized carbons (Fsp3) is 0.455. The number of carbonyl (C=O) groups excluding carboxylic acids is 1. The molecule has 1 aliphatic heterocycles. The average molecular weight is 453 g/mol. The van der Waals surface area contributed by atoms with Gasteiger partial charge >= 0.3 is 6.18 Å². The van der Waals surface area contributed by atoms with Gasteiger partial charge in [0, 0.05) is 29.6 Å². The molecule has 4 N–H and O–H groups in total. The number of nitrogens with zero attached hydrogens (tertiary/aromatic N) is 2. The number of aryl methyl sites for hydroxylation is 1. The third-order valence-electron chi connectivity index (χ3n) is 6.34. The summed E-state index contributed by atoms with van der Waals surface area (Å²) in [6, 6.07) is 4.80. The summed E-state index contributed by atoms with van der Waals surface area (Å²) in [5, 5.41) is 3.00. The number of nitrogens with one attached hydrogen (secondary N) is 2. The number of aliphatic imine (C=N–C) groups is 1. The highest BCUT2D eigenvalue weighted by Gasteiger charge is 2.53. The number of benzene rings is 1. The van der Waals surface area contributed by atoms with Crippen LogP contribution in [-0.4, -0.2) is 28.8 Å². The first-order valence-corrected chi connectivity index (χ1v) is 10.1. The van der Waals surface area contributed by atoms with E-state index in [1.54, 1.807) is 34.6 Å². The van der Waals surface area contributed by atoms with Gasteiger partial charge in [-0.1, -0.05) is 0 Å². The summed E-state index contributed by atoms with van der Waals surface area (Å²) in [6.45, 7) is 8.06. The lowest BCUT2D eigenvalue weighted by Crippen LogP contribution is -2.58. The van der Waals surface area contributed by atoms with Crippen LogP contribution in [0.3, 0.4) is 0 Å². The Morgan fingerprint density at radius 1 is 1.22 bits per heavy atom. The number of amides is 1. The minimum Gasteiger partial charge on any atom is -0.378 e. The van der Waals surface area contributed by atoms with Crippen molar-refractivity contribution in [2.45, 2.75) is 52.4 Å². The second-order valence-corrected chi connectivity index (χ2v) is 8.87. The zero-order chi connectivity index (χ0) is 24.2. The van der Waals surface area contributed by atoms with Crippen LogP contribution in [0.5, 0.6) is 0 Å². The number of nitrogens with two attached hydrogens (primary N) is 1. The monoisotopic (exact) mass is 453 g/mol. The van der Waals surface area contributed by atoms with Crippen LogP contribution in [0.1, 0.15) is 56.3 Å². The molecule has 2 atom stereocenters. The molecule has 3 rings (SSSR count). The first kappa shape index (κ1) is 23.6. The van der Waals surface area contributed by atoms with Crippen molar-refractivity contribution < 1.29 is 22.4 Å². The molecule has 6 nitrogen and oxygen atoms in total. The van der Waals surface area contributed by atoms with E-state index >= 15 is 0 Å². The predicted molar refractivity (Wildman–Crippen MR) is 114 cm³/mol. The molecular formula is C22H27F4N5O. The molecule has 0 aliphatic carbocycles. The lowest BCUT2D eigenvalue weighted by atomic mass is 9.67. The Kier molecular flexibility index (Phi) is 5.56. The summed E-state index contributed by atoms with van der Waals surface area (Å²) in [5.74, 6) is -0.960. The molecule has 0 saturated carbocycles. The number of aromatic amines is 1. The summed E-state index contributed by atoms with van der Waals surface area (Å²) in [5.41, 5.74) is 3.56. The fourth-order valence-electron chi connectivity index (χ4n) is 4.08. The number of guanidine groups is 1. The molecule has 1 unspecified atom stereocenters. The summed E-state index contributed by atoms with van der Waals surface area (Å²) < 4.78 is 55.1. The third-order valence-corrected chi connectivity index (χ3v) is 6.34.